The molecular formula is C20H26N2O4. The van der Waals surface area contributed by atoms with Gasteiger partial charge in [0.1, 0.15) is 0 Å². The third-order valence-electron chi connectivity index (χ3n) is 4.01. The SMILES string of the molecule is COc1cc(NC(=O)NC(C)CCc2ccccc2)cc(OC)c1OC. The number of rotatable bonds is 8. The van der Waals surface area contributed by atoms with Crippen molar-refractivity contribution >= 4 is 11.7 Å². The summed E-state index contributed by atoms with van der Waals surface area (Å²) in [4.78, 5) is 12.3. The Morgan fingerprint density at radius 3 is 2.15 bits per heavy atom. The Morgan fingerprint density at radius 2 is 1.62 bits per heavy atom. The van der Waals surface area contributed by atoms with Gasteiger partial charge in [-0.05, 0) is 25.3 Å². The van der Waals surface area contributed by atoms with Crippen LogP contribution in [0.2, 0.25) is 0 Å². The smallest absolute Gasteiger partial charge is 0.319 e. The number of aryl methyl sites for hydroxylation is 1. The number of anilines is 1. The van der Waals surface area contributed by atoms with Gasteiger partial charge in [-0.25, -0.2) is 4.79 Å². The van der Waals surface area contributed by atoms with Crippen molar-refractivity contribution in [2.24, 2.45) is 0 Å². The summed E-state index contributed by atoms with van der Waals surface area (Å²) in [5.74, 6) is 1.45. The van der Waals surface area contributed by atoms with Crippen molar-refractivity contribution in [3.8, 4) is 17.2 Å². The Balaban J connectivity index is 1.94. The second-order valence-electron chi connectivity index (χ2n) is 5.94. The fourth-order valence-corrected chi connectivity index (χ4v) is 2.64. The van der Waals surface area contributed by atoms with Crippen LogP contribution in [0.4, 0.5) is 10.5 Å². The zero-order chi connectivity index (χ0) is 18.9. The summed E-state index contributed by atoms with van der Waals surface area (Å²) in [6.07, 6.45) is 1.76. The number of hydrogen-bond donors (Lipinski definition) is 2. The molecule has 0 heterocycles. The first-order valence-corrected chi connectivity index (χ1v) is 8.48. The lowest BCUT2D eigenvalue weighted by atomic mass is 10.1. The Labute approximate surface area is 154 Å². The molecule has 2 rings (SSSR count). The summed E-state index contributed by atoms with van der Waals surface area (Å²) in [5, 5.41) is 5.75. The number of ether oxygens (including phenoxy) is 3. The Bertz CT molecular complexity index is 694. The molecule has 1 unspecified atom stereocenters. The zero-order valence-corrected chi connectivity index (χ0v) is 15.7. The third kappa shape index (κ3) is 5.31. The van der Waals surface area contributed by atoms with Gasteiger partial charge < -0.3 is 24.8 Å². The van der Waals surface area contributed by atoms with Crippen molar-refractivity contribution in [3.63, 3.8) is 0 Å². The largest absolute Gasteiger partial charge is 0.493 e. The summed E-state index contributed by atoms with van der Waals surface area (Å²) >= 11 is 0. The fourth-order valence-electron chi connectivity index (χ4n) is 2.64. The molecule has 0 aliphatic carbocycles. The molecule has 0 radical (unpaired) electrons. The number of methoxy groups -OCH3 is 3. The number of amides is 2. The van der Waals surface area contributed by atoms with Crippen LogP contribution < -0.4 is 24.8 Å². The molecule has 2 amide bonds. The van der Waals surface area contributed by atoms with Crippen LogP contribution in [0.1, 0.15) is 18.9 Å². The van der Waals surface area contributed by atoms with Gasteiger partial charge in [-0.1, -0.05) is 30.3 Å². The highest BCUT2D eigenvalue weighted by molar-refractivity contribution is 5.90. The Morgan fingerprint density at radius 1 is 1.00 bits per heavy atom. The summed E-state index contributed by atoms with van der Waals surface area (Å²) in [6, 6.07) is 13.3. The fraction of sp³-hybridized carbons (Fsp3) is 0.350. The number of nitrogens with one attached hydrogen (secondary N) is 2. The van der Waals surface area contributed by atoms with Gasteiger partial charge in [-0.3, -0.25) is 0 Å². The van der Waals surface area contributed by atoms with Crippen molar-refractivity contribution in [2.75, 3.05) is 26.6 Å². The van der Waals surface area contributed by atoms with E-state index in [-0.39, 0.29) is 12.1 Å². The van der Waals surface area contributed by atoms with Gasteiger partial charge in [0, 0.05) is 18.2 Å². The molecule has 0 saturated carbocycles. The minimum Gasteiger partial charge on any atom is -0.493 e. The average Bonchev–Trinajstić information content (AvgIpc) is 2.66. The minimum absolute atomic E-state index is 0.0391. The van der Waals surface area contributed by atoms with Crippen LogP contribution in [0.5, 0.6) is 17.2 Å². The molecule has 0 fully saturated rings. The molecule has 1 atom stereocenters. The minimum atomic E-state index is -0.278. The maximum Gasteiger partial charge on any atom is 0.319 e. The van der Waals surface area contributed by atoms with Crippen molar-refractivity contribution in [2.45, 2.75) is 25.8 Å². The third-order valence-corrected chi connectivity index (χ3v) is 4.01. The predicted octanol–water partition coefficient (Wildman–Crippen LogP) is 3.86. The van der Waals surface area contributed by atoms with Gasteiger partial charge in [0.05, 0.1) is 27.0 Å². The van der Waals surface area contributed by atoms with E-state index in [2.05, 4.69) is 22.8 Å². The van der Waals surface area contributed by atoms with Crippen molar-refractivity contribution in [1.82, 2.24) is 5.32 Å². The number of hydrogen-bond acceptors (Lipinski definition) is 4. The van der Waals surface area contributed by atoms with Crippen molar-refractivity contribution in [1.29, 1.82) is 0 Å². The summed E-state index contributed by atoms with van der Waals surface area (Å²) in [6.45, 7) is 1.98. The van der Waals surface area contributed by atoms with Crippen LogP contribution in [-0.4, -0.2) is 33.4 Å². The molecule has 2 aromatic carbocycles. The molecule has 6 heteroatoms. The first kappa shape index (κ1) is 19.4. The van der Waals surface area contributed by atoms with Crippen molar-refractivity contribution in [3.05, 3.63) is 48.0 Å². The molecule has 0 spiro atoms. The van der Waals surface area contributed by atoms with E-state index < -0.39 is 0 Å². The van der Waals surface area contributed by atoms with Crippen LogP contribution in [0.3, 0.4) is 0 Å². The van der Waals surface area contributed by atoms with Crippen LogP contribution in [-0.2, 0) is 6.42 Å². The van der Waals surface area contributed by atoms with E-state index in [9.17, 15) is 4.79 Å². The van der Waals surface area contributed by atoms with Crippen LogP contribution >= 0.6 is 0 Å². The number of urea groups is 1. The van der Waals surface area contributed by atoms with Crippen LogP contribution in [0.25, 0.3) is 0 Å². The van der Waals surface area contributed by atoms with Gasteiger partial charge in [0.25, 0.3) is 0 Å². The van der Waals surface area contributed by atoms with E-state index in [1.165, 1.54) is 26.9 Å². The molecule has 6 nitrogen and oxygen atoms in total. The van der Waals surface area contributed by atoms with Gasteiger partial charge >= 0.3 is 6.03 Å². The second-order valence-corrected chi connectivity index (χ2v) is 5.94. The van der Waals surface area contributed by atoms with E-state index in [0.717, 1.165) is 12.8 Å². The molecule has 0 saturated heterocycles. The summed E-state index contributed by atoms with van der Waals surface area (Å²) in [5.41, 5.74) is 1.82. The quantitative estimate of drug-likeness (QED) is 0.752. The molecule has 0 bridgehead atoms. The normalized spacial score (nSPS) is 11.4. The number of carbonyl (C=O) groups excluding carboxylic acids is 1. The average molecular weight is 358 g/mol. The predicted molar refractivity (Wildman–Crippen MR) is 102 cm³/mol. The zero-order valence-electron chi connectivity index (χ0n) is 15.7. The van der Waals surface area contributed by atoms with E-state index in [0.29, 0.717) is 22.9 Å². The molecule has 0 aliphatic heterocycles. The van der Waals surface area contributed by atoms with Crippen LogP contribution in [0.15, 0.2) is 42.5 Å². The molecule has 2 N–H and O–H groups in total. The second kappa shape index (κ2) is 9.56. The van der Waals surface area contributed by atoms with Crippen molar-refractivity contribution < 1.29 is 19.0 Å². The maximum atomic E-state index is 12.3. The van der Waals surface area contributed by atoms with Gasteiger partial charge in [0.15, 0.2) is 11.5 Å². The van der Waals surface area contributed by atoms with E-state index >= 15 is 0 Å². The lowest BCUT2D eigenvalue weighted by molar-refractivity contribution is 0.248. The number of benzene rings is 2. The lowest BCUT2D eigenvalue weighted by Gasteiger charge is -2.17. The topological polar surface area (TPSA) is 68.8 Å². The Hall–Kier alpha value is -2.89. The van der Waals surface area contributed by atoms with E-state index in [1.807, 2.05) is 25.1 Å². The van der Waals surface area contributed by atoms with Gasteiger partial charge in [-0.15, -0.1) is 0 Å². The summed E-state index contributed by atoms with van der Waals surface area (Å²) < 4.78 is 15.9. The molecular weight excluding hydrogens is 332 g/mol. The standard InChI is InChI=1S/C20H26N2O4/c1-14(10-11-15-8-6-5-7-9-15)21-20(23)22-16-12-17(24-2)19(26-4)18(13-16)25-3/h5-9,12-14H,10-11H2,1-4H3,(H2,21,22,23). The lowest BCUT2D eigenvalue weighted by Crippen LogP contribution is -2.36. The highest BCUT2D eigenvalue weighted by Crippen LogP contribution is 2.39. The molecule has 2 aromatic rings. The van der Waals surface area contributed by atoms with Crippen LogP contribution in [0, 0.1) is 0 Å². The summed E-state index contributed by atoms with van der Waals surface area (Å²) in [7, 11) is 4.61. The molecule has 0 aromatic heterocycles. The van der Waals surface area contributed by atoms with Gasteiger partial charge in [0.2, 0.25) is 5.75 Å². The Kier molecular flexibility index (Phi) is 7.14. The van der Waals surface area contributed by atoms with Gasteiger partial charge in [-0.2, -0.15) is 0 Å². The highest BCUT2D eigenvalue weighted by Gasteiger charge is 2.15. The monoisotopic (exact) mass is 358 g/mol. The molecule has 0 aliphatic rings. The maximum absolute atomic E-state index is 12.3. The molecule has 140 valence electrons. The number of carbonyl (C=O) groups is 1. The highest BCUT2D eigenvalue weighted by atomic mass is 16.5. The van der Waals surface area contributed by atoms with E-state index in [1.54, 1.807) is 12.1 Å². The van der Waals surface area contributed by atoms with E-state index in [4.69, 9.17) is 14.2 Å². The first-order chi connectivity index (χ1) is 12.6. The first-order valence-electron chi connectivity index (χ1n) is 8.48. The molecule has 26 heavy (non-hydrogen) atoms.